The second-order valence-electron chi connectivity index (χ2n) is 5.57. The Morgan fingerprint density at radius 2 is 1.76 bits per heavy atom. The minimum absolute atomic E-state index is 0.287. The van der Waals surface area contributed by atoms with Crippen molar-refractivity contribution in [1.82, 2.24) is 20.0 Å². The first-order valence-corrected chi connectivity index (χ1v) is 8.54. The van der Waals surface area contributed by atoms with Gasteiger partial charge in [-0.05, 0) is 47.6 Å². The van der Waals surface area contributed by atoms with Crippen LogP contribution in [-0.4, -0.2) is 71.7 Å². The molecule has 7 heteroatoms. The number of hydrogen-bond acceptors (Lipinski definition) is 5. The molecule has 0 saturated carbocycles. The number of piperazine rings is 1. The van der Waals surface area contributed by atoms with Crippen LogP contribution in [-0.2, 0) is 4.79 Å². The van der Waals surface area contributed by atoms with Crippen molar-refractivity contribution in [2.45, 2.75) is 12.8 Å². The molecule has 0 N–H and O–H groups in total. The first kappa shape index (κ1) is 15.0. The van der Waals surface area contributed by atoms with Crippen LogP contribution in [0.5, 0.6) is 0 Å². The average Bonchev–Trinajstić information content (AvgIpc) is 3.03. The lowest BCUT2D eigenvalue weighted by atomic mass is 10.3. The highest BCUT2D eigenvalue weighted by Crippen LogP contribution is 2.14. The van der Waals surface area contributed by atoms with Gasteiger partial charge in [0.2, 0.25) is 5.91 Å². The van der Waals surface area contributed by atoms with Gasteiger partial charge in [0, 0.05) is 39.3 Å². The summed E-state index contributed by atoms with van der Waals surface area (Å²) in [5, 5.41) is 8.32. The molecule has 2 aliphatic rings. The maximum Gasteiger partial charge on any atom is 0.236 e. The summed E-state index contributed by atoms with van der Waals surface area (Å²) in [4.78, 5) is 18.6. The molecule has 1 amide bonds. The molecule has 0 atom stereocenters. The number of rotatable bonds is 3. The van der Waals surface area contributed by atoms with Gasteiger partial charge in [-0.2, -0.15) is 0 Å². The lowest BCUT2D eigenvalue weighted by molar-refractivity contribution is -0.131. The maximum absolute atomic E-state index is 12.2. The van der Waals surface area contributed by atoms with Gasteiger partial charge in [0.05, 0.1) is 6.54 Å². The first-order valence-electron chi connectivity index (χ1n) is 7.47. The third-order valence-corrected chi connectivity index (χ3v) is 4.71. The summed E-state index contributed by atoms with van der Waals surface area (Å²) in [5.41, 5.74) is 0. The van der Waals surface area contributed by atoms with E-state index < -0.39 is 0 Å². The van der Waals surface area contributed by atoms with E-state index in [0.29, 0.717) is 6.54 Å². The third kappa shape index (κ3) is 3.82. The zero-order valence-corrected chi connectivity index (χ0v) is 14.2. The summed E-state index contributed by atoms with van der Waals surface area (Å²) in [5.74, 6) is 1.22. The Balaban J connectivity index is 1.48. The van der Waals surface area contributed by atoms with Gasteiger partial charge in [-0.25, -0.2) is 0 Å². The molecule has 114 valence electrons. The molecular formula is C14H20IN5O. The Kier molecular flexibility index (Phi) is 4.89. The molecule has 0 spiro atoms. The Morgan fingerprint density at radius 3 is 2.38 bits per heavy atom. The smallest absolute Gasteiger partial charge is 0.236 e. The molecule has 2 saturated heterocycles. The van der Waals surface area contributed by atoms with Crippen molar-refractivity contribution in [2.75, 3.05) is 50.7 Å². The lowest BCUT2D eigenvalue weighted by Gasteiger charge is -2.35. The largest absolute Gasteiger partial charge is 0.353 e. The number of anilines is 1. The Hall–Kier alpha value is -0.960. The number of likely N-dealkylation sites (tertiary alicyclic amines) is 1. The van der Waals surface area contributed by atoms with Gasteiger partial charge < -0.3 is 9.80 Å². The summed E-state index contributed by atoms with van der Waals surface area (Å²) >= 11 is 2.16. The SMILES string of the molecule is O=C(CN1CCN(c2ccc(I)nn2)CC1)N1CCCC1. The van der Waals surface area contributed by atoms with Gasteiger partial charge in [-0.3, -0.25) is 9.69 Å². The monoisotopic (exact) mass is 401 g/mol. The summed E-state index contributed by atoms with van der Waals surface area (Å²) < 4.78 is 0.909. The van der Waals surface area contributed by atoms with Crippen molar-refractivity contribution >= 4 is 34.3 Å². The molecule has 2 aliphatic heterocycles. The van der Waals surface area contributed by atoms with Crippen LogP contribution in [0.1, 0.15) is 12.8 Å². The van der Waals surface area contributed by atoms with E-state index in [0.717, 1.165) is 61.6 Å². The number of aromatic nitrogens is 2. The fourth-order valence-corrected chi connectivity index (χ4v) is 3.16. The Morgan fingerprint density at radius 1 is 1.05 bits per heavy atom. The summed E-state index contributed by atoms with van der Waals surface area (Å²) in [7, 11) is 0. The van der Waals surface area contributed by atoms with E-state index in [1.54, 1.807) is 0 Å². The van der Waals surface area contributed by atoms with Crippen molar-refractivity contribution in [2.24, 2.45) is 0 Å². The van der Waals surface area contributed by atoms with E-state index in [1.165, 1.54) is 0 Å². The molecule has 1 aromatic rings. The van der Waals surface area contributed by atoms with Crippen LogP contribution in [0.4, 0.5) is 5.82 Å². The predicted octanol–water partition coefficient (Wildman–Crippen LogP) is 0.826. The molecule has 6 nitrogen and oxygen atoms in total. The normalized spacial score (nSPS) is 20.0. The fourth-order valence-electron chi connectivity index (χ4n) is 2.87. The van der Waals surface area contributed by atoms with Gasteiger partial charge >= 0.3 is 0 Å². The van der Waals surface area contributed by atoms with Crippen LogP contribution >= 0.6 is 22.6 Å². The van der Waals surface area contributed by atoms with Crippen LogP contribution in [0.25, 0.3) is 0 Å². The molecule has 0 bridgehead atoms. The van der Waals surface area contributed by atoms with Crippen molar-refractivity contribution in [3.05, 3.63) is 15.8 Å². The summed E-state index contributed by atoms with van der Waals surface area (Å²) in [6.45, 7) is 6.08. The van der Waals surface area contributed by atoms with Gasteiger partial charge in [0.25, 0.3) is 0 Å². The Labute approximate surface area is 138 Å². The third-order valence-electron chi connectivity index (χ3n) is 4.13. The molecule has 1 aromatic heterocycles. The fraction of sp³-hybridized carbons (Fsp3) is 0.643. The number of nitrogens with zero attached hydrogens (tertiary/aromatic N) is 5. The molecule has 3 rings (SSSR count). The van der Waals surface area contributed by atoms with Crippen LogP contribution in [0, 0.1) is 3.70 Å². The van der Waals surface area contributed by atoms with Crippen LogP contribution < -0.4 is 4.90 Å². The second-order valence-corrected chi connectivity index (χ2v) is 6.67. The van der Waals surface area contributed by atoms with Crippen LogP contribution in [0.2, 0.25) is 0 Å². The number of carbonyl (C=O) groups is 1. The summed E-state index contributed by atoms with van der Waals surface area (Å²) in [6.07, 6.45) is 2.32. The topological polar surface area (TPSA) is 52.6 Å². The van der Waals surface area contributed by atoms with Crippen LogP contribution in [0.15, 0.2) is 12.1 Å². The standard InChI is InChI=1S/C14H20IN5O/c15-12-3-4-13(17-16-12)19-9-7-18(8-10-19)11-14(21)20-5-1-2-6-20/h3-4H,1-2,5-11H2. The van der Waals surface area contributed by atoms with Gasteiger partial charge in [0.15, 0.2) is 5.82 Å². The highest BCUT2D eigenvalue weighted by molar-refractivity contribution is 14.1. The number of carbonyl (C=O) groups excluding carboxylic acids is 1. The van der Waals surface area contributed by atoms with E-state index in [4.69, 9.17) is 0 Å². The van der Waals surface area contributed by atoms with E-state index in [-0.39, 0.29) is 5.91 Å². The van der Waals surface area contributed by atoms with Gasteiger partial charge in [-0.15, -0.1) is 10.2 Å². The second kappa shape index (κ2) is 6.87. The van der Waals surface area contributed by atoms with E-state index in [9.17, 15) is 4.79 Å². The number of halogens is 1. The van der Waals surface area contributed by atoms with Crippen molar-refractivity contribution in [3.8, 4) is 0 Å². The molecule has 0 radical (unpaired) electrons. The van der Waals surface area contributed by atoms with E-state index >= 15 is 0 Å². The number of hydrogen-bond donors (Lipinski definition) is 0. The maximum atomic E-state index is 12.2. The predicted molar refractivity (Wildman–Crippen MR) is 89.2 cm³/mol. The molecule has 2 fully saturated rings. The Bertz CT molecular complexity index is 481. The molecule has 21 heavy (non-hydrogen) atoms. The van der Waals surface area contributed by atoms with Crippen LogP contribution in [0.3, 0.4) is 0 Å². The molecule has 0 unspecified atom stereocenters. The van der Waals surface area contributed by atoms with E-state index in [1.807, 2.05) is 17.0 Å². The number of amides is 1. The highest BCUT2D eigenvalue weighted by atomic mass is 127. The van der Waals surface area contributed by atoms with Crippen molar-refractivity contribution in [1.29, 1.82) is 0 Å². The van der Waals surface area contributed by atoms with Crippen molar-refractivity contribution in [3.63, 3.8) is 0 Å². The average molecular weight is 401 g/mol. The first-order chi connectivity index (χ1) is 10.2. The van der Waals surface area contributed by atoms with Crippen molar-refractivity contribution < 1.29 is 4.79 Å². The highest BCUT2D eigenvalue weighted by Gasteiger charge is 2.23. The molecule has 0 aromatic carbocycles. The zero-order valence-electron chi connectivity index (χ0n) is 12.0. The van der Waals surface area contributed by atoms with Gasteiger partial charge in [-0.1, -0.05) is 0 Å². The quantitative estimate of drug-likeness (QED) is 0.703. The molecule has 0 aliphatic carbocycles. The minimum atomic E-state index is 0.287. The molecular weight excluding hydrogens is 381 g/mol. The van der Waals surface area contributed by atoms with Gasteiger partial charge in [0.1, 0.15) is 3.70 Å². The zero-order chi connectivity index (χ0) is 14.7. The lowest BCUT2D eigenvalue weighted by Crippen LogP contribution is -2.50. The van der Waals surface area contributed by atoms with E-state index in [2.05, 4.69) is 42.6 Å². The molecule has 3 heterocycles. The summed E-state index contributed by atoms with van der Waals surface area (Å²) in [6, 6.07) is 3.99. The minimum Gasteiger partial charge on any atom is -0.353 e.